The highest BCUT2D eigenvalue weighted by atomic mass is 16.1. The summed E-state index contributed by atoms with van der Waals surface area (Å²) in [5.41, 5.74) is 7.79. The third kappa shape index (κ3) is 4.44. The molecule has 0 aromatic heterocycles. The average Bonchev–Trinajstić information content (AvgIpc) is 2.35. The maximum Gasteiger partial charge on any atom is 0.239 e. The molecule has 0 fully saturated rings. The second kappa shape index (κ2) is 6.91. The number of nitrogens with zero attached hydrogens (tertiary/aromatic N) is 1. The Morgan fingerprint density at radius 3 is 2.53 bits per heavy atom. The third-order valence-electron chi connectivity index (χ3n) is 2.64. The molecule has 3 N–H and O–H groups in total. The van der Waals surface area contributed by atoms with Gasteiger partial charge in [-0.3, -0.25) is 4.79 Å². The van der Waals surface area contributed by atoms with Crippen LogP contribution < -0.4 is 16.0 Å². The van der Waals surface area contributed by atoms with E-state index in [-0.39, 0.29) is 5.91 Å². The summed E-state index contributed by atoms with van der Waals surface area (Å²) in [5, 5.41) is 2.64. The first-order valence-corrected chi connectivity index (χ1v) is 5.89. The predicted octanol–water partition coefficient (Wildman–Crippen LogP) is 0.896. The molecule has 4 nitrogen and oxygen atoms in total. The lowest BCUT2D eigenvalue weighted by Crippen LogP contribution is -2.36. The van der Waals surface area contributed by atoms with Crippen molar-refractivity contribution in [1.29, 1.82) is 0 Å². The van der Waals surface area contributed by atoms with Crippen molar-refractivity contribution in [3.63, 3.8) is 0 Å². The minimum absolute atomic E-state index is 0.0163. The number of amides is 1. The molecule has 94 valence electrons. The molecule has 0 saturated carbocycles. The Kier molecular flexibility index (Phi) is 5.49. The van der Waals surface area contributed by atoms with Gasteiger partial charge in [-0.2, -0.15) is 0 Å². The summed E-state index contributed by atoms with van der Waals surface area (Å²) in [6.07, 6.45) is 0.880. The van der Waals surface area contributed by atoms with E-state index in [2.05, 4.69) is 17.4 Å². The molecule has 4 heteroatoms. The van der Waals surface area contributed by atoms with E-state index in [1.54, 1.807) is 7.05 Å². The van der Waals surface area contributed by atoms with E-state index >= 15 is 0 Å². The molecule has 1 aromatic rings. The molecule has 0 heterocycles. The number of nitrogens with one attached hydrogen (secondary N) is 1. The van der Waals surface area contributed by atoms with Crippen molar-refractivity contribution in [2.45, 2.75) is 13.3 Å². The Balaban J connectivity index is 2.74. The molecular formula is C13H21N3O. The van der Waals surface area contributed by atoms with Crippen LogP contribution in [0.4, 0.5) is 5.69 Å². The van der Waals surface area contributed by atoms with E-state index in [0.29, 0.717) is 13.1 Å². The first-order chi connectivity index (χ1) is 8.17. The highest BCUT2D eigenvalue weighted by Gasteiger charge is 2.09. The topological polar surface area (TPSA) is 58.4 Å². The molecule has 0 unspecified atom stereocenters. The normalized spacial score (nSPS) is 10.1. The number of hydrogen-bond acceptors (Lipinski definition) is 3. The Morgan fingerprint density at radius 1 is 1.35 bits per heavy atom. The van der Waals surface area contributed by atoms with Crippen LogP contribution in [0, 0.1) is 6.92 Å². The van der Waals surface area contributed by atoms with Gasteiger partial charge >= 0.3 is 0 Å². The van der Waals surface area contributed by atoms with Gasteiger partial charge in [0.2, 0.25) is 5.91 Å². The first kappa shape index (κ1) is 13.5. The molecule has 0 radical (unpaired) electrons. The standard InChI is InChI=1S/C13H21N3O/c1-11-4-6-12(7-5-11)16(9-3-8-14)10-13(17)15-2/h4-7H,3,8-10,14H2,1-2H3,(H,15,17). The minimum atomic E-state index is 0.0163. The van der Waals surface area contributed by atoms with Crippen LogP contribution in [0.2, 0.25) is 0 Å². The molecule has 1 aromatic carbocycles. The summed E-state index contributed by atoms with van der Waals surface area (Å²) >= 11 is 0. The maximum absolute atomic E-state index is 11.4. The van der Waals surface area contributed by atoms with Gasteiger partial charge in [-0.25, -0.2) is 0 Å². The Bertz CT molecular complexity index is 348. The lowest BCUT2D eigenvalue weighted by Gasteiger charge is -2.23. The van der Waals surface area contributed by atoms with E-state index in [1.165, 1.54) is 5.56 Å². The van der Waals surface area contributed by atoms with Crippen molar-refractivity contribution in [2.75, 3.05) is 31.6 Å². The summed E-state index contributed by atoms with van der Waals surface area (Å²) in [7, 11) is 1.65. The quantitative estimate of drug-likeness (QED) is 0.770. The van der Waals surface area contributed by atoms with Gasteiger partial charge in [0.15, 0.2) is 0 Å². The Labute approximate surface area is 103 Å². The molecule has 0 saturated heterocycles. The lowest BCUT2D eigenvalue weighted by atomic mass is 10.2. The molecule has 0 spiro atoms. The molecular weight excluding hydrogens is 214 g/mol. The second-order valence-corrected chi connectivity index (χ2v) is 4.07. The summed E-state index contributed by atoms with van der Waals surface area (Å²) in [6.45, 7) is 3.86. The van der Waals surface area contributed by atoms with Gasteiger partial charge in [0, 0.05) is 19.3 Å². The van der Waals surface area contributed by atoms with E-state index in [9.17, 15) is 4.79 Å². The molecule has 1 rings (SSSR count). The third-order valence-corrected chi connectivity index (χ3v) is 2.64. The largest absolute Gasteiger partial charge is 0.362 e. The zero-order chi connectivity index (χ0) is 12.7. The van der Waals surface area contributed by atoms with Gasteiger partial charge in [0.1, 0.15) is 0 Å². The predicted molar refractivity (Wildman–Crippen MR) is 71.1 cm³/mol. The summed E-state index contributed by atoms with van der Waals surface area (Å²) in [5.74, 6) is 0.0163. The molecule has 0 aliphatic rings. The molecule has 1 amide bonds. The summed E-state index contributed by atoms with van der Waals surface area (Å²) < 4.78 is 0. The van der Waals surface area contributed by atoms with Crippen molar-refractivity contribution in [2.24, 2.45) is 5.73 Å². The fraction of sp³-hybridized carbons (Fsp3) is 0.462. The first-order valence-electron chi connectivity index (χ1n) is 5.89. The van der Waals surface area contributed by atoms with Crippen LogP contribution in [0.15, 0.2) is 24.3 Å². The van der Waals surface area contributed by atoms with Crippen molar-refractivity contribution in [1.82, 2.24) is 5.32 Å². The smallest absolute Gasteiger partial charge is 0.239 e. The zero-order valence-electron chi connectivity index (χ0n) is 10.6. The van der Waals surface area contributed by atoms with Crippen LogP contribution in [0.1, 0.15) is 12.0 Å². The van der Waals surface area contributed by atoms with Crippen molar-refractivity contribution < 1.29 is 4.79 Å². The van der Waals surface area contributed by atoms with E-state index in [1.807, 2.05) is 24.0 Å². The Hall–Kier alpha value is -1.55. The van der Waals surface area contributed by atoms with Crippen LogP contribution in [0.3, 0.4) is 0 Å². The van der Waals surface area contributed by atoms with Gasteiger partial charge in [0.05, 0.1) is 6.54 Å². The highest BCUT2D eigenvalue weighted by Crippen LogP contribution is 2.14. The van der Waals surface area contributed by atoms with E-state index < -0.39 is 0 Å². The van der Waals surface area contributed by atoms with Gasteiger partial charge < -0.3 is 16.0 Å². The average molecular weight is 235 g/mol. The maximum atomic E-state index is 11.4. The number of nitrogens with two attached hydrogens (primary N) is 1. The van der Waals surface area contributed by atoms with Crippen molar-refractivity contribution >= 4 is 11.6 Å². The number of likely N-dealkylation sites (N-methyl/N-ethyl adjacent to an activating group) is 1. The fourth-order valence-electron chi connectivity index (χ4n) is 1.59. The second-order valence-electron chi connectivity index (χ2n) is 4.07. The van der Waals surface area contributed by atoms with Crippen molar-refractivity contribution in [3.05, 3.63) is 29.8 Å². The molecule has 0 aliphatic heterocycles. The molecule has 0 atom stereocenters. The monoisotopic (exact) mass is 235 g/mol. The number of benzene rings is 1. The van der Waals surface area contributed by atoms with Crippen LogP contribution in [-0.2, 0) is 4.79 Å². The number of carbonyl (C=O) groups is 1. The van der Waals surface area contributed by atoms with Gasteiger partial charge in [-0.15, -0.1) is 0 Å². The highest BCUT2D eigenvalue weighted by molar-refractivity contribution is 5.81. The number of rotatable bonds is 6. The molecule has 0 aliphatic carbocycles. The van der Waals surface area contributed by atoms with Crippen LogP contribution in [0.25, 0.3) is 0 Å². The number of hydrogen-bond donors (Lipinski definition) is 2. The Morgan fingerprint density at radius 2 is 2.00 bits per heavy atom. The number of anilines is 1. The number of carbonyl (C=O) groups excluding carboxylic acids is 1. The summed E-state index contributed by atoms with van der Waals surface area (Å²) in [4.78, 5) is 13.5. The van der Waals surface area contributed by atoms with Crippen LogP contribution in [-0.4, -0.2) is 32.6 Å². The fourth-order valence-corrected chi connectivity index (χ4v) is 1.59. The molecule has 17 heavy (non-hydrogen) atoms. The number of aryl methyl sites for hydroxylation is 1. The lowest BCUT2D eigenvalue weighted by molar-refractivity contribution is -0.119. The SMILES string of the molecule is CNC(=O)CN(CCCN)c1ccc(C)cc1. The van der Waals surface area contributed by atoms with Crippen molar-refractivity contribution in [3.8, 4) is 0 Å². The zero-order valence-corrected chi connectivity index (χ0v) is 10.6. The van der Waals surface area contributed by atoms with E-state index in [0.717, 1.165) is 18.7 Å². The molecule has 0 bridgehead atoms. The van der Waals surface area contributed by atoms with Gasteiger partial charge in [-0.1, -0.05) is 17.7 Å². The van der Waals surface area contributed by atoms with Gasteiger partial charge in [0.25, 0.3) is 0 Å². The van der Waals surface area contributed by atoms with Gasteiger partial charge in [-0.05, 0) is 32.0 Å². The van der Waals surface area contributed by atoms with E-state index in [4.69, 9.17) is 5.73 Å². The van der Waals surface area contributed by atoms with Crippen LogP contribution in [0.5, 0.6) is 0 Å². The van der Waals surface area contributed by atoms with Crippen LogP contribution >= 0.6 is 0 Å². The summed E-state index contributed by atoms with van der Waals surface area (Å²) in [6, 6.07) is 8.17. The minimum Gasteiger partial charge on any atom is -0.362 e.